The summed E-state index contributed by atoms with van der Waals surface area (Å²) in [5.41, 5.74) is 0.571. The number of amides is 4. The fourth-order valence-corrected chi connectivity index (χ4v) is 11.5. The molecule has 0 bridgehead atoms. The third-order valence-electron chi connectivity index (χ3n) is 13.1. The second kappa shape index (κ2) is 18.2. The van der Waals surface area contributed by atoms with E-state index in [1.165, 1.54) is 9.21 Å². The molecule has 4 amide bonds. The van der Waals surface area contributed by atoms with Crippen LogP contribution in [0.3, 0.4) is 0 Å². The molecule has 1 unspecified atom stereocenters. The van der Waals surface area contributed by atoms with Crippen LogP contribution in [0.25, 0.3) is 22.2 Å². The van der Waals surface area contributed by atoms with E-state index in [0.717, 1.165) is 18.4 Å². The average Bonchev–Trinajstić information content (AvgIpc) is 4.22. The van der Waals surface area contributed by atoms with E-state index in [0.29, 0.717) is 60.2 Å². The van der Waals surface area contributed by atoms with Crippen LogP contribution >= 0.6 is 0 Å². The van der Waals surface area contributed by atoms with Crippen molar-refractivity contribution >= 4 is 54.6 Å². The molecule has 2 saturated heterocycles. The van der Waals surface area contributed by atoms with Crippen LogP contribution in [0.5, 0.6) is 11.5 Å². The molecule has 3 aromatic rings. The first kappa shape index (κ1) is 44.5. The number of rotatable bonds is 11. The van der Waals surface area contributed by atoms with Crippen LogP contribution < -0.4 is 19.5 Å². The number of methoxy groups -OCH3 is 1. The summed E-state index contributed by atoms with van der Waals surface area (Å²) >= 11 is 0. The standard InChI is InChI=1S/C45H56N6O10S2/c1-3-62(56,57)50-22-20-49(21-23-50)41(52)24-31-14-8-5-4-6-11-15-32-28-45(32,44(55)48-63(58,59)35-17-18-35)47-42(53)39-26-34(29-51(39)43(31)54)61-40-27-37(30-12-9-7-10-13-30)46-38-25-33(60-2)16-19-36(38)40/h7,9-13,15-16,19,25,27,31-32,34-35,39H,3-6,8,14,17-18,20-24,26,28-29H2,1-2H3,(H,47,53)(H,48,55)/b15-11-/t31-,32?,34-,39+,45-/m1/s1. The topological polar surface area (TPSA) is 202 Å². The molecule has 338 valence electrons. The van der Waals surface area contributed by atoms with Crippen molar-refractivity contribution in [2.24, 2.45) is 11.8 Å². The maximum atomic E-state index is 15.0. The molecule has 4 heterocycles. The third kappa shape index (κ3) is 9.72. The van der Waals surface area contributed by atoms with E-state index in [2.05, 4.69) is 10.0 Å². The van der Waals surface area contributed by atoms with E-state index < -0.39 is 72.5 Å². The highest BCUT2D eigenvalue weighted by molar-refractivity contribution is 7.91. The lowest BCUT2D eigenvalue weighted by Gasteiger charge is -2.35. The zero-order valence-electron chi connectivity index (χ0n) is 35.7. The molecule has 5 atom stereocenters. The fourth-order valence-electron chi connectivity index (χ4n) is 9.05. The van der Waals surface area contributed by atoms with E-state index in [1.807, 2.05) is 60.7 Å². The Bertz CT molecular complexity index is 2490. The number of carbonyl (C=O) groups is 4. The molecule has 1 aromatic heterocycles. The predicted molar refractivity (Wildman–Crippen MR) is 235 cm³/mol. The summed E-state index contributed by atoms with van der Waals surface area (Å²) in [6, 6.07) is 15.8. The van der Waals surface area contributed by atoms with Gasteiger partial charge in [-0.3, -0.25) is 23.9 Å². The van der Waals surface area contributed by atoms with Gasteiger partial charge in [0, 0.05) is 73.9 Å². The Morgan fingerprint density at radius 1 is 0.952 bits per heavy atom. The molecule has 5 aliphatic rings. The Morgan fingerprint density at radius 2 is 1.71 bits per heavy atom. The van der Waals surface area contributed by atoms with Gasteiger partial charge in [0.2, 0.25) is 37.8 Å². The van der Waals surface area contributed by atoms with Gasteiger partial charge in [-0.05, 0) is 57.6 Å². The van der Waals surface area contributed by atoms with Crippen molar-refractivity contribution in [3.05, 3.63) is 66.7 Å². The molecule has 0 spiro atoms. The van der Waals surface area contributed by atoms with Gasteiger partial charge in [-0.2, -0.15) is 4.31 Å². The Morgan fingerprint density at radius 3 is 2.43 bits per heavy atom. The number of pyridine rings is 1. The highest BCUT2D eigenvalue weighted by Gasteiger charge is 2.62. The number of nitrogens with zero attached hydrogens (tertiary/aromatic N) is 4. The molecule has 4 fully saturated rings. The van der Waals surface area contributed by atoms with Gasteiger partial charge in [0.1, 0.15) is 29.2 Å². The molecule has 2 aromatic carbocycles. The minimum Gasteiger partial charge on any atom is -0.497 e. The molecule has 3 aliphatic heterocycles. The lowest BCUT2D eigenvalue weighted by Crippen LogP contribution is -2.57. The Kier molecular flexibility index (Phi) is 12.9. The number of hydrogen-bond acceptors (Lipinski definition) is 11. The molecule has 2 aliphatic carbocycles. The Labute approximate surface area is 368 Å². The second-order valence-corrected chi connectivity index (χ2v) is 21.5. The number of aromatic nitrogens is 1. The summed E-state index contributed by atoms with van der Waals surface area (Å²) in [5.74, 6) is -2.28. The second-order valence-electron chi connectivity index (χ2n) is 17.3. The van der Waals surface area contributed by atoms with Crippen molar-refractivity contribution in [1.29, 1.82) is 0 Å². The van der Waals surface area contributed by atoms with Crippen LogP contribution in [-0.4, -0.2) is 128 Å². The number of benzene rings is 2. The van der Waals surface area contributed by atoms with E-state index in [4.69, 9.17) is 14.5 Å². The number of carbonyl (C=O) groups excluding carboxylic acids is 4. The lowest BCUT2D eigenvalue weighted by atomic mass is 9.94. The van der Waals surface area contributed by atoms with Crippen molar-refractivity contribution in [2.75, 3.05) is 45.6 Å². The van der Waals surface area contributed by atoms with Gasteiger partial charge in [0.15, 0.2) is 0 Å². The molecule has 0 radical (unpaired) electrons. The molecule has 16 nitrogen and oxygen atoms in total. The van der Waals surface area contributed by atoms with E-state index in [9.17, 15) is 36.0 Å². The number of hydrogen-bond donors (Lipinski definition) is 2. The summed E-state index contributed by atoms with van der Waals surface area (Å²) in [6.07, 6.45) is 7.41. The van der Waals surface area contributed by atoms with Gasteiger partial charge in [-0.15, -0.1) is 0 Å². The molecule has 2 N–H and O–H groups in total. The SMILES string of the molecule is CCS(=O)(=O)N1CCN(C(=O)C[C@H]2CCCCC/C=C\C3C[C@@]3(C(=O)NS(=O)(=O)C3CC3)NC(=O)[C@@H]3C[C@@H](Oc4cc(-c5ccccc5)nc5cc(OC)ccc45)CN3C2=O)CC1. The number of allylic oxidation sites excluding steroid dienone is 1. The zero-order valence-corrected chi connectivity index (χ0v) is 37.4. The van der Waals surface area contributed by atoms with Crippen molar-refractivity contribution in [1.82, 2.24) is 29.1 Å². The van der Waals surface area contributed by atoms with Gasteiger partial charge in [0.25, 0.3) is 5.91 Å². The minimum atomic E-state index is -3.93. The van der Waals surface area contributed by atoms with Gasteiger partial charge in [0.05, 0.1) is 35.9 Å². The van der Waals surface area contributed by atoms with Crippen molar-refractivity contribution in [3.8, 4) is 22.8 Å². The number of nitrogens with one attached hydrogen (secondary N) is 2. The maximum Gasteiger partial charge on any atom is 0.259 e. The molecular weight excluding hydrogens is 849 g/mol. The maximum absolute atomic E-state index is 15.0. The molecule has 63 heavy (non-hydrogen) atoms. The zero-order chi connectivity index (χ0) is 44.5. The highest BCUT2D eigenvalue weighted by atomic mass is 32.2. The molecule has 8 rings (SSSR count). The van der Waals surface area contributed by atoms with E-state index in [-0.39, 0.29) is 63.6 Å². The summed E-state index contributed by atoms with van der Waals surface area (Å²) in [6.45, 7) is 2.32. The first-order valence-corrected chi connectivity index (χ1v) is 25.2. The van der Waals surface area contributed by atoms with Gasteiger partial charge < -0.3 is 24.6 Å². The van der Waals surface area contributed by atoms with Crippen molar-refractivity contribution in [3.63, 3.8) is 0 Å². The summed E-state index contributed by atoms with van der Waals surface area (Å²) < 4.78 is 66.9. The van der Waals surface area contributed by atoms with Crippen LogP contribution in [-0.2, 0) is 39.2 Å². The Hall–Kier alpha value is -5.07. The summed E-state index contributed by atoms with van der Waals surface area (Å²) in [5, 5.41) is 2.97. The molecule has 2 saturated carbocycles. The fraction of sp³-hybridized carbons (Fsp3) is 0.533. The van der Waals surface area contributed by atoms with E-state index in [1.54, 1.807) is 25.0 Å². The van der Waals surface area contributed by atoms with E-state index >= 15 is 0 Å². The largest absolute Gasteiger partial charge is 0.497 e. The van der Waals surface area contributed by atoms with Crippen molar-refractivity contribution < 1.29 is 45.5 Å². The van der Waals surface area contributed by atoms with Crippen LogP contribution in [0.1, 0.15) is 71.1 Å². The number of fused-ring (bicyclic) bond motifs is 3. The van der Waals surface area contributed by atoms with Gasteiger partial charge in [-0.25, -0.2) is 21.8 Å². The summed E-state index contributed by atoms with van der Waals surface area (Å²) in [4.78, 5) is 65.5. The minimum absolute atomic E-state index is 0.00557. The van der Waals surface area contributed by atoms with Crippen molar-refractivity contribution in [2.45, 2.75) is 94.1 Å². The van der Waals surface area contributed by atoms with Gasteiger partial charge in [-0.1, -0.05) is 55.3 Å². The van der Waals surface area contributed by atoms with Crippen LogP contribution in [0.15, 0.2) is 66.7 Å². The smallest absolute Gasteiger partial charge is 0.259 e. The number of sulfonamides is 2. The highest BCUT2D eigenvalue weighted by Crippen LogP contribution is 2.46. The Balaban J connectivity index is 1.10. The summed E-state index contributed by atoms with van der Waals surface area (Å²) in [7, 11) is -5.77. The van der Waals surface area contributed by atoms with Gasteiger partial charge >= 0.3 is 0 Å². The quantitative estimate of drug-likeness (QED) is 0.266. The van der Waals surface area contributed by atoms with Crippen LogP contribution in [0.4, 0.5) is 0 Å². The lowest BCUT2D eigenvalue weighted by molar-refractivity contribution is -0.145. The third-order valence-corrected chi connectivity index (χ3v) is 16.8. The average molecular weight is 905 g/mol. The van der Waals surface area contributed by atoms with Crippen LogP contribution in [0.2, 0.25) is 0 Å². The first-order valence-electron chi connectivity index (χ1n) is 22.0. The molecule has 18 heteroatoms. The van der Waals surface area contributed by atoms with Crippen LogP contribution in [0, 0.1) is 11.8 Å². The predicted octanol–water partition coefficient (Wildman–Crippen LogP) is 3.76. The normalized spacial score (nSPS) is 26.7. The number of ether oxygens (including phenoxy) is 2. The molecular formula is C45H56N6O10S2. The monoisotopic (exact) mass is 904 g/mol. The number of piperazine rings is 1. The first-order chi connectivity index (χ1) is 30.2.